The predicted octanol–water partition coefficient (Wildman–Crippen LogP) is 2.87. The van der Waals surface area contributed by atoms with Gasteiger partial charge in [0.2, 0.25) is 5.91 Å². The molecule has 0 aliphatic carbocycles. The van der Waals surface area contributed by atoms with E-state index in [9.17, 15) is 4.79 Å². The molecule has 2 aromatic rings. The lowest BCUT2D eigenvalue weighted by molar-refractivity contribution is -0.115. The van der Waals surface area contributed by atoms with Gasteiger partial charge in [0.1, 0.15) is 0 Å². The van der Waals surface area contributed by atoms with Crippen molar-refractivity contribution in [1.29, 1.82) is 0 Å². The van der Waals surface area contributed by atoms with Crippen LogP contribution in [0, 0.1) is 0 Å². The van der Waals surface area contributed by atoms with Gasteiger partial charge in [-0.3, -0.25) is 4.79 Å². The Morgan fingerprint density at radius 3 is 2.70 bits per heavy atom. The summed E-state index contributed by atoms with van der Waals surface area (Å²) < 4.78 is 10.8. The fraction of sp³-hybridized carbons (Fsp3) is 0.188. The second-order valence-corrected chi connectivity index (χ2v) is 4.64. The van der Waals surface area contributed by atoms with E-state index in [0.717, 1.165) is 22.4 Å². The van der Waals surface area contributed by atoms with E-state index >= 15 is 0 Å². The first-order valence-electron chi connectivity index (χ1n) is 6.37. The van der Waals surface area contributed by atoms with E-state index in [1.807, 2.05) is 36.4 Å². The average molecular weight is 269 g/mol. The highest BCUT2D eigenvalue weighted by atomic mass is 16.5. The molecular weight excluding hydrogens is 254 g/mol. The van der Waals surface area contributed by atoms with E-state index < -0.39 is 0 Å². The molecule has 1 aliphatic heterocycles. The molecule has 0 radical (unpaired) electrons. The van der Waals surface area contributed by atoms with Crippen molar-refractivity contribution in [2.24, 2.45) is 0 Å². The molecule has 0 bridgehead atoms. The minimum atomic E-state index is 0.0368. The van der Waals surface area contributed by atoms with Crippen LogP contribution in [0.25, 0.3) is 11.1 Å². The second-order valence-electron chi connectivity index (χ2n) is 4.64. The summed E-state index contributed by atoms with van der Waals surface area (Å²) in [5.74, 6) is 1.43. The zero-order chi connectivity index (χ0) is 14.1. The predicted molar refractivity (Wildman–Crippen MR) is 77.3 cm³/mol. The van der Waals surface area contributed by atoms with Crippen molar-refractivity contribution in [3.8, 4) is 22.6 Å². The van der Waals surface area contributed by atoms with E-state index in [2.05, 4.69) is 5.32 Å². The summed E-state index contributed by atoms with van der Waals surface area (Å²) in [4.78, 5) is 11.4. The summed E-state index contributed by atoms with van der Waals surface area (Å²) >= 11 is 0. The molecule has 4 nitrogen and oxygen atoms in total. The summed E-state index contributed by atoms with van der Waals surface area (Å²) in [6.45, 7) is 0. The first kappa shape index (κ1) is 12.5. The van der Waals surface area contributed by atoms with Crippen LogP contribution in [0.5, 0.6) is 11.5 Å². The standard InChI is InChI=1S/C16H15NO3/c1-19-14-5-3-4-12(16(14)20-2)10-6-7-13-11(8-10)9-15(18)17-13/h3-8H,9H2,1-2H3,(H,17,18). The molecule has 1 heterocycles. The quantitative estimate of drug-likeness (QED) is 0.932. The number of anilines is 1. The Kier molecular flexibility index (Phi) is 3.06. The third-order valence-corrected chi connectivity index (χ3v) is 3.44. The fourth-order valence-electron chi connectivity index (χ4n) is 2.51. The van der Waals surface area contributed by atoms with E-state index in [1.165, 1.54) is 0 Å². The lowest BCUT2D eigenvalue weighted by atomic mass is 10.0. The number of para-hydroxylation sites is 1. The van der Waals surface area contributed by atoms with Gasteiger partial charge in [-0.1, -0.05) is 18.2 Å². The highest BCUT2D eigenvalue weighted by Crippen LogP contribution is 2.39. The Labute approximate surface area is 117 Å². The largest absolute Gasteiger partial charge is 0.493 e. The lowest BCUT2D eigenvalue weighted by Crippen LogP contribution is -2.03. The van der Waals surface area contributed by atoms with Crippen LogP contribution in [0.15, 0.2) is 36.4 Å². The summed E-state index contributed by atoms with van der Waals surface area (Å²) in [6.07, 6.45) is 0.426. The van der Waals surface area contributed by atoms with Crippen molar-refractivity contribution >= 4 is 11.6 Å². The molecule has 2 aromatic carbocycles. The Bertz CT molecular complexity index is 679. The molecular formula is C16H15NO3. The van der Waals surface area contributed by atoms with Gasteiger partial charge < -0.3 is 14.8 Å². The van der Waals surface area contributed by atoms with Gasteiger partial charge in [0, 0.05) is 11.3 Å². The van der Waals surface area contributed by atoms with E-state index in [-0.39, 0.29) is 5.91 Å². The van der Waals surface area contributed by atoms with Gasteiger partial charge in [-0.2, -0.15) is 0 Å². The van der Waals surface area contributed by atoms with Crippen LogP contribution in [0.1, 0.15) is 5.56 Å². The van der Waals surface area contributed by atoms with Gasteiger partial charge in [0.15, 0.2) is 11.5 Å². The van der Waals surface area contributed by atoms with E-state index in [0.29, 0.717) is 17.9 Å². The number of ether oxygens (including phenoxy) is 2. The number of nitrogens with one attached hydrogen (secondary N) is 1. The third-order valence-electron chi connectivity index (χ3n) is 3.44. The molecule has 0 fully saturated rings. The van der Waals surface area contributed by atoms with Crippen LogP contribution in [0.2, 0.25) is 0 Å². The molecule has 0 saturated carbocycles. The van der Waals surface area contributed by atoms with Gasteiger partial charge in [-0.05, 0) is 29.3 Å². The maximum absolute atomic E-state index is 11.4. The van der Waals surface area contributed by atoms with E-state index in [1.54, 1.807) is 14.2 Å². The second kappa shape index (κ2) is 4.89. The first-order chi connectivity index (χ1) is 9.72. The molecule has 102 valence electrons. The molecule has 1 amide bonds. The number of amides is 1. The molecule has 0 spiro atoms. The molecule has 0 saturated heterocycles. The number of methoxy groups -OCH3 is 2. The Balaban J connectivity index is 2.10. The number of benzene rings is 2. The summed E-state index contributed by atoms with van der Waals surface area (Å²) in [5, 5.41) is 2.83. The normalized spacial score (nSPS) is 12.8. The van der Waals surface area contributed by atoms with Gasteiger partial charge in [0.25, 0.3) is 0 Å². The van der Waals surface area contributed by atoms with Crippen molar-refractivity contribution in [3.05, 3.63) is 42.0 Å². The molecule has 0 unspecified atom stereocenters. The van der Waals surface area contributed by atoms with E-state index in [4.69, 9.17) is 9.47 Å². The number of fused-ring (bicyclic) bond motifs is 1. The van der Waals surface area contributed by atoms with Crippen molar-refractivity contribution < 1.29 is 14.3 Å². The summed E-state index contributed by atoms with van der Waals surface area (Å²) in [6, 6.07) is 11.7. The zero-order valence-electron chi connectivity index (χ0n) is 11.4. The molecule has 3 rings (SSSR count). The topological polar surface area (TPSA) is 47.6 Å². The van der Waals surface area contributed by atoms with Gasteiger partial charge in [-0.15, -0.1) is 0 Å². The van der Waals surface area contributed by atoms with Gasteiger partial charge >= 0.3 is 0 Å². The molecule has 1 N–H and O–H groups in total. The molecule has 1 aliphatic rings. The van der Waals surface area contributed by atoms with Crippen molar-refractivity contribution in [2.75, 3.05) is 19.5 Å². The SMILES string of the molecule is COc1cccc(-c2ccc3c(c2)CC(=O)N3)c1OC. The van der Waals surface area contributed by atoms with Crippen LogP contribution in [0.3, 0.4) is 0 Å². The first-order valence-corrected chi connectivity index (χ1v) is 6.37. The zero-order valence-corrected chi connectivity index (χ0v) is 11.4. The Hall–Kier alpha value is -2.49. The highest BCUT2D eigenvalue weighted by Gasteiger charge is 2.19. The van der Waals surface area contributed by atoms with Gasteiger partial charge in [0.05, 0.1) is 20.6 Å². The average Bonchev–Trinajstić information content (AvgIpc) is 2.85. The number of rotatable bonds is 3. The lowest BCUT2D eigenvalue weighted by Gasteiger charge is -2.13. The summed E-state index contributed by atoms with van der Waals surface area (Å²) in [7, 11) is 3.24. The van der Waals surface area contributed by atoms with Crippen LogP contribution < -0.4 is 14.8 Å². The minimum absolute atomic E-state index is 0.0368. The number of hydrogen-bond donors (Lipinski definition) is 1. The fourth-order valence-corrected chi connectivity index (χ4v) is 2.51. The number of carbonyl (C=O) groups excluding carboxylic acids is 1. The summed E-state index contributed by atoms with van der Waals surface area (Å²) in [5.41, 5.74) is 3.86. The molecule has 4 heteroatoms. The smallest absolute Gasteiger partial charge is 0.228 e. The van der Waals surface area contributed by atoms with Crippen molar-refractivity contribution in [3.63, 3.8) is 0 Å². The number of hydrogen-bond acceptors (Lipinski definition) is 3. The minimum Gasteiger partial charge on any atom is -0.493 e. The van der Waals surface area contributed by atoms with Crippen LogP contribution >= 0.6 is 0 Å². The monoisotopic (exact) mass is 269 g/mol. The van der Waals surface area contributed by atoms with Crippen molar-refractivity contribution in [2.45, 2.75) is 6.42 Å². The Morgan fingerprint density at radius 2 is 1.95 bits per heavy atom. The molecule has 0 aromatic heterocycles. The van der Waals surface area contributed by atoms with Crippen LogP contribution in [-0.4, -0.2) is 20.1 Å². The third kappa shape index (κ3) is 1.99. The molecule has 20 heavy (non-hydrogen) atoms. The Morgan fingerprint density at radius 1 is 1.10 bits per heavy atom. The van der Waals surface area contributed by atoms with Crippen LogP contribution in [0.4, 0.5) is 5.69 Å². The number of carbonyl (C=O) groups is 1. The maximum Gasteiger partial charge on any atom is 0.228 e. The maximum atomic E-state index is 11.4. The van der Waals surface area contributed by atoms with Gasteiger partial charge in [-0.25, -0.2) is 0 Å². The highest BCUT2D eigenvalue weighted by molar-refractivity contribution is 5.99. The van der Waals surface area contributed by atoms with Crippen molar-refractivity contribution in [1.82, 2.24) is 0 Å². The molecule has 0 atom stereocenters. The van der Waals surface area contributed by atoms with Crippen LogP contribution in [-0.2, 0) is 11.2 Å².